The molecule has 0 saturated carbocycles. The Bertz CT molecular complexity index is 545. The second-order valence-electron chi connectivity index (χ2n) is 5.95. The van der Waals surface area contributed by atoms with Crippen LogP contribution in [0.1, 0.15) is 70.2 Å². The molecule has 0 bridgehead atoms. The third-order valence-electron chi connectivity index (χ3n) is 3.79. The number of carbonyl (C=O) groups is 1. The number of carbonyl (C=O) groups excluding carboxylic acids is 1. The van der Waals surface area contributed by atoms with Gasteiger partial charge in [-0.25, -0.2) is 4.79 Å². The second kappa shape index (κ2) is 11.5. The minimum atomic E-state index is -3.32. The molecule has 1 atom stereocenters. The van der Waals surface area contributed by atoms with Crippen LogP contribution in [0.5, 0.6) is 0 Å². The van der Waals surface area contributed by atoms with Gasteiger partial charge < -0.3 is 13.8 Å². The highest BCUT2D eigenvalue weighted by atomic mass is 31.2. The largest absolute Gasteiger partial charge is 0.459 e. The van der Waals surface area contributed by atoms with Crippen molar-refractivity contribution in [3.05, 3.63) is 29.8 Å². The van der Waals surface area contributed by atoms with Crippen molar-refractivity contribution >= 4 is 18.9 Å². The Morgan fingerprint density at radius 3 is 2.12 bits per heavy atom. The Hall–Kier alpha value is -1.16. The molecule has 5 nitrogen and oxygen atoms in total. The summed E-state index contributed by atoms with van der Waals surface area (Å²) in [6.45, 7) is 8.19. The van der Waals surface area contributed by atoms with Crippen LogP contribution < -0.4 is 5.30 Å². The summed E-state index contributed by atoms with van der Waals surface area (Å²) in [5, 5.41) is 0.445. The molecule has 0 aromatic heterocycles. The molecule has 1 aromatic rings. The lowest BCUT2D eigenvalue weighted by Crippen LogP contribution is -2.16. The molecule has 0 aliphatic carbocycles. The molecule has 25 heavy (non-hydrogen) atoms. The summed E-state index contributed by atoms with van der Waals surface area (Å²) in [4.78, 5) is 12.2. The van der Waals surface area contributed by atoms with Crippen LogP contribution in [-0.2, 0) is 18.3 Å². The summed E-state index contributed by atoms with van der Waals surface area (Å²) in [7, 11) is -3.32. The summed E-state index contributed by atoms with van der Waals surface area (Å²) >= 11 is 0. The Balaban J connectivity index is 2.65. The van der Waals surface area contributed by atoms with E-state index in [-0.39, 0.29) is 25.3 Å². The fourth-order valence-corrected chi connectivity index (χ4v) is 4.04. The summed E-state index contributed by atoms with van der Waals surface area (Å²) in [6.07, 6.45) is 5.38. The zero-order valence-corrected chi connectivity index (χ0v) is 16.7. The van der Waals surface area contributed by atoms with Gasteiger partial charge in [-0.15, -0.1) is 0 Å². The van der Waals surface area contributed by atoms with Gasteiger partial charge in [-0.1, -0.05) is 26.2 Å². The van der Waals surface area contributed by atoms with Gasteiger partial charge in [-0.2, -0.15) is 0 Å². The second-order valence-corrected chi connectivity index (χ2v) is 7.97. The van der Waals surface area contributed by atoms with Crippen LogP contribution in [0.3, 0.4) is 0 Å². The number of rotatable bonds is 12. The first kappa shape index (κ1) is 21.9. The van der Waals surface area contributed by atoms with Crippen molar-refractivity contribution in [2.75, 3.05) is 13.2 Å². The summed E-state index contributed by atoms with van der Waals surface area (Å²) in [5.41, 5.74) is 0.434. The van der Waals surface area contributed by atoms with E-state index in [2.05, 4.69) is 6.92 Å². The molecule has 0 N–H and O–H groups in total. The molecule has 0 amide bonds. The normalized spacial score (nSPS) is 12.8. The third-order valence-corrected chi connectivity index (χ3v) is 5.92. The van der Waals surface area contributed by atoms with E-state index < -0.39 is 7.60 Å². The highest BCUT2D eigenvalue weighted by molar-refractivity contribution is 7.62. The molecule has 0 heterocycles. The van der Waals surface area contributed by atoms with Crippen LogP contribution in [0.4, 0.5) is 0 Å². The van der Waals surface area contributed by atoms with Crippen LogP contribution in [0, 0.1) is 0 Å². The Morgan fingerprint density at radius 2 is 1.60 bits per heavy atom. The van der Waals surface area contributed by atoms with Gasteiger partial charge in [0, 0.05) is 0 Å². The molecule has 6 heteroatoms. The van der Waals surface area contributed by atoms with Crippen LogP contribution in [0.15, 0.2) is 24.3 Å². The van der Waals surface area contributed by atoms with Gasteiger partial charge >= 0.3 is 13.6 Å². The maximum atomic E-state index is 12.7. The van der Waals surface area contributed by atoms with Gasteiger partial charge in [0.2, 0.25) is 0 Å². The molecular weight excluding hydrogens is 339 g/mol. The van der Waals surface area contributed by atoms with Gasteiger partial charge in [0.1, 0.15) is 0 Å². The maximum Gasteiger partial charge on any atom is 0.361 e. The van der Waals surface area contributed by atoms with Gasteiger partial charge in [0.15, 0.2) is 0 Å². The fraction of sp³-hybridized carbons (Fsp3) is 0.632. The summed E-state index contributed by atoms with van der Waals surface area (Å²) < 4.78 is 28.8. The topological polar surface area (TPSA) is 61.8 Å². The number of ether oxygens (including phenoxy) is 1. The van der Waals surface area contributed by atoms with Crippen LogP contribution in [0.25, 0.3) is 0 Å². The van der Waals surface area contributed by atoms with E-state index in [1.54, 1.807) is 38.1 Å². The van der Waals surface area contributed by atoms with Crippen molar-refractivity contribution in [2.45, 2.75) is 65.9 Å². The first-order valence-corrected chi connectivity index (χ1v) is 10.7. The van der Waals surface area contributed by atoms with Crippen LogP contribution in [-0.4, -0.2) is 25.3 Å². The maximum absolute atomic E-state index is 12.7. The zero-order valence-electron chi connectivity index (χ0n) is 15.8. The summed E-state index contributed by atoms with van der Waals surface area (Å²) in [6, 6.07) is 6.42. The lowest BCUT2D eigenvalue weighted by molar-refractivity contribution is 0.0319. The number of hydrogen-bond acceptors (Lipinski definition) is 5. The average molecular weight is 370 g/mol. The van der Waals surface area contributed by atoms with Crippen LogP contribution >= 0.6 is 7.60 Å². The molecule has 142 valence electrons. The number of unbranched alkanes of at least 4 members (excludes halogenated alkanes) is 3. The third kappa shape index (κ3) is 7.31. The van der Waals surface area contributed by atoms with E-state index in [0.717, 1.165) is 19.3 Å². The number of esters is 1. The molecule has 1 unspecified atom stereocenters. The van der Waals surface area contributed by atoms with Gasteiger partial charge in [0.05, 0.1) is 30.2 Å². The minimum Gasteiger partial charge on any atom is -0.459 e. The van der Waals surface area contributed by atoms with Gasteiger partial charge in [0.25, 0.3) is 0 Å². The molecule has 1 aromatic carbocycles. The molecule has 0 aliphatic rings. The fourth-order valence-electron chi connectivity index (χ4n) is 2.47. The molecule has 0 radical (unpaired) electrons. The predicted molar refractivity (Wildman–Crippen MR) is 101 cm³/mol. The van der Waals surface area contributed by atoms with E-state index in [1.165, 1.54) is 12.8 Å². The predicted octanol–water partition coefficient (Wildman–Crippen LogP) is 5.09. The molecule has 0 spiro atoms. The average Bonchev–Trinajstić information content (AvgIpc) is 2.59. The lowest BCUT2D eigenvalue weighted by atomic mass is 10.1. The highest BCUT2D eigenvalue weighted by Gasteiger charge is 2.26. The Morgan fingerprint density at radius 1 is 1.00 bits per heavy atom. The monoisotopic (exact) mass is 370 g/mol. The van der Waals surface area contributed by atoms with Gasteiger partial charge in [-0.3, -0.25) is 4.57 Å². The molecule has 0 saturated heterocycles. The Kier molecular flexibility index (Phi) is 10.0. The van der Waals surface area contributed by atoms with E-state index in [4.69, 9.17) is 13.8 Å². The summed E-state index contributed by atoms with van der Waals surface area (Å²) in [5.74, 6) is -0.364. The molecule has 0 fully saturated rings. The van der Waals surface area contributed by atoms with Crippen molar-refractivity contribution in [3.63, 3.8) is 0 Å². The van der Waals surface area contributed by atoms with Crippen LogP contribution in [0.2, 0.25) is 0 Å². The van der Waals surface area contributed by atoms with Crippen molar-refractivity contribution in [2.24, 2.45) is 0 Å². The first-order chi connectivity index (χ1) is 12.0. The van der Waals surface area contributed by atoms with E-state index in [9.17, 15) is 9.36 Å². The standard InChI is InChI=1S/C19H31O5P/c1-5-8-9-10-11-16(4)24-19(20)17-12-14-18(15-13-17)25(21,22-6-2)23-7-3/h12-16H,5-11H2,1-4H3. The van der Waals surface area contributed by atoms with Crippen molar-refractivity contribution in [1.82, 2.24) is 0 Å². The Labute approximate surface area is 151 Å². The smallest absolute Gasteiger partial charge is 0.361 e. The van der Waals surface area contributed by atoms with E-state index in [0.29, 0.717) is 10.9 Å². The van der Waals surface area contributed by atoms with Crippen molar-refractivity contribution in [3.8, 4) is 0 Å². The van der Waals surface area contributed by atoms with Crippen molar-refractivity contribution < 1.29 is 23.1 Å². The zero-order chi connectivity index (χ0) is 18.7. The number of hydrogen-bond donors (Lipinski definition) is 0. The highest BCUT2D eigenvalue weighted by Crippen LogP contribution is 2.46. The molecular formula is C19H31O5P. The minimum absolute atomic E-state index is 0.109. The quantitative estimate of drug-likeness (QED) is 0.291. The van der Waals surface area contributed by atoms with E-state index >= 15 is 0 Å². The lowest BCUT2D eigenvalue weighted by Gasteiger charge is -2.17. The SMILES string of the molecule is CCCCCCC(C)OC(=O)c1ccc(P(=O)(OCC)OCC)cc1. The van der Waals surface area contributed by atoms with E-state index in [1.807, 2.05) is 6.92 Å². The molecule has 1 rings (SSSR count). The van der Waals surface area contributed by atoms with Crippen molar-refractivity contribution in [1.29, 1.82) is 0 Å². The number of benzene rings is 1. The molecule has 0 aliphatic heterocycles. The van der Waals surface area contributed by atoms with Gasteiger partial charge in [-0.05, 0) is 57.9 Å². The first-order valence-electron chi connectivity index (χ1n) is 9.17.